The number of nitrogens with one attached hydrogen (secondary N) is 1. The molecular weight excluding hydrogens is 228 g/mol. The average molecular weight is 258 g/mol. The van der Waals surface area contributed by atoms with E-state index in [0.717, 1.165) is 6.04 Å². The summed E-state index contributed by atoms with van der Waals surface area (Å²) in [7, 11) is 0. The molecule has 102 valence electrons. The van der Waals surface area contributed by atoms with Crippen molar-refractivity contribution in [2.24, 2.45) is 0 Å². The Hall–Kier alpha value is 0.270. The maximum Gasteiger partial charge on any atom is 0.0132 e. The number of hydrogen-bond acceptors (Lipinski definition) is 3. The van der Waals surface area contributed by atoms with Crippen LogP contribution in [0.2, 0.25) is 0 Å². The first-order chi connectivity index (χ1) is 8.13. The van der Waals surface area contributed by atoms with Gasteiger partial charge in [-0.2, -0.15) is 11.8 Å². The standard InChI is InChI=1S/C14H30N2S/c1-5-17-11-13(4)15-14-7-6-9-16(10-8-14)12(2)3/h12-15H,5-11H2,1-4H3. The van der Waals surface area contributed by atoms with Crippen molar-refractivity contribution in [3.8, 4) is 0 Å². The van der Waals surface area contributed by atoms with Gasteiger partial charge in [-0.15, -0.1) is 0 Å². The lowest BCUT2D eigenvalue weighted by atomic mass is 10.1. The van der Waals surface area contributed by atoms with E-state index >= 15 is 0 Å². The average Bonchev–Trinajstić information content (AvgIpc) is 2.52. The van der Waals surface area contributed by atoms with E-state index in [4.69, 9.17) is 0 Å². The van der Waals surface area contributed by atoms with Crippen molar-refractivity contribution in [2.75, 3.05) is 24.6 Å². The molecule has 2 atom stereocenters. The van der Waals surface area contributed by atoms with Crippen molar-refractivity contribution in [3.05, 3.63) is 0 Å². The molecule has 0 bridgehead atoms. The van der Waals surface area contributed by atoms with Crippen molar-refractivity contribution >= 4 is 11.8 Å². The van der Waals surface area contributed by atoms with Crippen LogP contribution in [0.25, 0.3) is 0 Å². The zero-order valence-corrected chi connectivity index (χ0v) is 12.9. The lowest BCUT2D eigenvalue weighted by Crippen LogP contribution is -2.39. The molecule has 0 amide bonds. The Balaban J connectivity index is 2.26. The van der Waals surface area contributed by atoms with Gasteiger partial charge in [0.15, 0.2) is 0 Å². The fourth-order valence-corrected chi connectivity index (χ4v) is 3.23. The Morgan fingerprint density at radius 1 is 1.24 bits per heavy atom. The highest BCUT2D eigenvalue weighted by Crippen LogP contribution is 2.14. The first kappa shape index (κ1) is 15.3. The van der Waals surface area contributed by atoms with Crippen LogP contribution in [0.3, 0.4) is 0 Å². The molecule has 1 saturated heterocycles. The summed E-state index contributed by atoms with van der Waals surface area (Å²) in [5, 5.41) is 3.81. The van der Waals surface area contributed by atoms with Crippen LogP contribution >= 0.6 is 11.8 Å². The van der Waals surface area contributed by atoms with E-state index in [1.165, 1.54) is 43.9 Å². The highest BCUT2D eigenvalue weighted by molar-refractivity contribution is 7.99. The van der Waals surface area contributed by atoms with E-state index in [1.807, 2.05) is 11.8 Å². The zero-order chi connectivity index (χ0) is 12.7. The number of likely N-dealkylation sites (tertiary alicyclic amines) is 1. The van der Waals surface area contributed by atoms with Gasteiger partial charge in [0.25, 0.3) is 0 Å². The molecule has 0 aliphatic carbocycles. The van der Waals surface area contributed by atoms with Gasteiger partial charge in [0.2, 0.25) is 0 Å². The molecule has 1 rings (SSSR count). The molecule has 1 N–H and O–H groups in total. The Labute approximate surface area is 112 Å². The lowest BCUT2D eigenvalue weighted by molar-refractivity contribution is 0.228. The van der Waals surface area contributed by atoms with Crippen molar-refractivity contribution in [2.45, 2.75) is 65.1 Å². The van der Waals surface area contributed by atoms with Crippen LogP contribution in [0, 0.1) is 0 Å². The largest absolute Gasteiger partial charge is 0.311 e. The quantitative estimate of drug-likeness (QED) is 0.788. The highest BCUT2D eigenvalue weighted by atomic mass is 32.2. The van der Waals surface area contributed by atoms with E-state index in [-0.39, 0.29) is 0 Å². The topological polar surface area (TPSA) is 15.3 Å². The molecule has 17 heavy (non-hydrogen) atoms. The van der Waals surface area contributed by atoms with Gasteiger partial charge in [-0.3, -0.25) is 0 Å². The van der Waals surface area contributed by atoms with Gasteiger partial charge in [0.1, 0.15) is 0 Å². The first-order valence-electron chi connectivity index (χ1n) is 7.21. The maximum absolute atomic E-state index is 3.81. The van der Waals surface area contributed by atoms with Crippen LogP contribution in [0.15, 0.2) is 0 Å². The molecule has 0 radical (unpaired) electrons. The molecule has 2 nitrogen and oxygen atoms in total. The van der Waals surface area contributed by atoms with E-state index in [2.05, 4.69) is 37.9 Å². The third-order valence-corrected chi connectivity index (χ3v) is 4.73. The van der Waals surface area contributed by atoms with Gasteiger partial charge in [0.05, 0.1) is 0 Å². The summed E-state index contributed by atoms with van der Waals surface area (Å²) < 4.78 is 0. The van der Waals surface area contributed by atoms with Gasteiger partial charge < -0.3 is 10.2 Å². The van der Waals surface area contributed by atoms with Crippen LogP contribution < -0.4 is 5.32 Å². The SMILES string of the molecule is CCSCC(C)NC1CCCN(C(C)C)CC1. The van der Waals surface area contributed by atoms with Crippen molar-refractivity contribution in [3.63, 3.8) is 0 Å². The van der Waals surface area contributed by atoms with E-state index < -0.39 is 0 Å². The number of hydrogen-bond donors (Lipinski definition) is 1. The monoisotopic (exact) mass is 258 g/mol. The second-order valence-electron chi connectivity index (χ2n) is 5.48. The summed E-state index contributed by atoms with van der Waals surface area (Å²) in [5.74, 6) is 2.48. The van der Waals surface area contributed by atoms with Crippen LogP contribution in [0.1, 0.15) is 47.0 Å². The molecule has 1 heterocycles. The van der Waals surface area contributed by atoms with Crippen LogP contribution in [0.5, 0.6) is 0 Å². The summed E-state index contributed by atoms with van der Waals surface area (Å²) in [6.45, 7) is 11.7. The Bertz CT molecular complexity index is 197. The molecule has 1 aliphatic heterocycles. The predicted octanol–water partition coefficient (Wildman–Crippen LogP) is 2.98. The minimum atomic E-state index is 0.663. The number of rotatable bonds is 6. The highest BCUT2D eigenvalue weighted by Gasteiger charge is 2.19. The third-order valence-electron chi connectivity index (χ3n) is 3.59. The minimum absolute atomic E-state index is 0.663. The number of thioether (sulfide) groups is 1. The van der Waals surface area contributed by atoms with E-state index in [1.54, 1.807) is 0 Å². The van der Waals surface area contributed by atoms with Crippen LogP contribution in [-0.4, -0.2) is 47.6 Å². The summed E-state index contributed by atoms with van der Waals surface area (Å²) in [6, 6.07) is 2.11. The summed E-state index contributed by atoms with van der Waals surface area (Å²) in [6.07, 6.45) is 4.02. The number of nitrogens with zero attached hydrogens (tertiary/aromatic N) is 1. The fraction of sp³-hybridized carbons (Fsp3) is 1.00. The van der Waals surface area contributed by atoms with Gasteiger partial charge >= 0.3 is 0 Å². The Morgan fingerprint density at radius 2 is 2.00 bits per heavy atom. The molecule has 1 fully saturated rings. The normalized spacial score (nSPS) is 24.9. The van der Waals surface area contributed by atoms with Gasteiger partial charge in [-0.1, -0.05) is 6.92 Å². The fourth-order valence-electron chi connectivity index (χ4n) is 2.55. The zero-order valence-electron chi connectivity index (χ0n) is 12.0. The van der Waals surface area contributed by atoms with Crippen LogP contribution in [-0.2, 0) is 0 Å². The van der Waals surface area contributed by atoms with E-state index in [9.17, 15) is 0 Å². The molecule has 0 aromatic carbocycles. The second-order valence-corrected chi connectivity index (χ2v) is 6.80. The molecule has 1 aliphatic rings. The van der Waals surface area contributed by atoms with Gasteiger partial charge in [0, 0.05) is 23.9 Å². The summed E-state index contributed by atoms with van der Waals surface area (Å²) in [5.41, 5.74) is 0. The molecule has 3 heteroatoms. The minimum Gasteiger partial charge on any atom is -0.311 e. The van der Waals surface area contributed by atoms with Gasteiger partial charge in [-0.05, 0) is 58.9 Å². The first-order valence-corrected chi connectivity index (χ1v) is 8.36. The molecule has 0 spiro atoms. The smallest absolute Gasteiger partial charge is 0.0132 e. The van der Waals surface area contributed by atoms with E-state index in [0.29, 0.717) is 12.1 Å². The predicted molar refractivity (Wildman–Crippen MR) is 79.9 cm³/mol. The third kappa shape index (κ3) is 6.12. The van der Waals surface area contributed by atoms with Crippen molar-refractivity contribution in [1.82, 2.24) is 10.2 Å². The maximum atomic E-state index is 3.81. The molecule has 0 aromatic rings. The molecular formula is C14H30N2S. The van der Waals surface area contributed by atoms with Crippen molar-refractivity contribution in [1.29, 1.82) is 0 Å². The second kappa shape index (κ2) is 8.39. The summed E-state index contributed by atoms with van der Waals surface area (Å²) >= 11 is 2.04. The molecule has 2 unspecified atom stereocenters. The molecule has 0 aromatic heterocycles. The Morgan fingerprint density at radius 3 is 2.65 bits per heavy atom. The molecule has 0 saturated carbocycles. The summed E-state index contributed by atoms with van der Waals surface area (Å²) in [4.78, 5) is 2.62. The van der Waals surface area contributed by atoms with Crippen LogP contribution in [0.4, 0.5) is 0 Å². The lowest BCUT2D eigenvalue weighted by Gasteiger charge is -2.25. The Kier molecular flexibility index (Phi) is 7.56. The van der Waals surface area contributed by atoms with Gasteiger partial charge in [-0.25, -0.2) is 0 Å². The van der Waals surface area contributed by atoms with Crippen molar-refractivity contribution < 1.29 is 0 Å².